The Hall–Kier alpha value is -2.05. The van der Waals surface area contributed by atoms with Crippen LogP contribution in [0.4, 0.5) is 5.69 Å². The molecule has 27 heavy (non-hydrogen) atoms. The van der Waals surface area contributed by atoms with Crippen molar-refractivity contribution < 1.29 is 26.4 Å². The number of carbonyl (C=O) groups is 1. The van der Waals surface area contributed by atoms with Crippen LogP contribution in [0.1, 0.15) is 0 Å². The van der Waals surface area contributed by atoms with Crippen molar-refractivity contribution in [2.75, 3.05) is 11.0 Å². The molecular weight excluding hydrogens is 441 g/mol. The SMILES string of the molecule is CS(=O)(=O)Nc1ccc(S(=O)(=O)N(N)C=O)cc1Oc1ccc(Cl)cc1Cl. The van der Waals surface area contributed by atoms with Gasteiger partial charge in [-0.3, -0.25) is 9.52 Å². The first kappa shape index (κ1) is 21.3. The molecule has 13 heteroatoms. The van der Waals surface area contributed by atoms with Crippen LogP contribution in [0.2, 0.25) is 10.0 Å². The number of sulfonamides is 2. The molecule has 0 aliphatic heterocycles. The molecular formula is C14H13Cl2N3O6S2. The molecule has 2 aromatic carbocycles. The number of rotatable bonds is 7. The van der Waals surface area contributed by atoms with Crippen LogP contribution < -0.4 is 15.3 Å². The zero-order valence-electron chi connectivity index (χ0n) is 13.6. The fourth-order valence-electron chi connectivity index (χ4n) is 1.89. The van der Waals surface area contributed by atoms with Crippen LogP contribution in [0, 0.1) is 0 Å². The Morgan fingerprint density at radius 1 is 1.07 bits per heavy atom. The van der Waals surface area contributed by atoms with Crippen LogP contribution in [-0.4, -0.2) is 33.9 Å². The van der Waals surface area contributed by atoms with Crippen molar-refractivity contribution in [3.63, 3.8) is 0 Å². The lowest BCUT2D eigenvalue weighted by Crippen LogP contribution is -2.35. The summed E-state index contributed by atoms with van der Waals surface area (Å²) in [4.78, 5) is 10.3. The van der Waals surface area contributed by atoms with Crippen molar-refractivity contribution >= 4 is 55.3 Å². The number of benzene rings is 2. The van der Waals surface area contributed by atoms with Crippen LogP contribution in [0.5, 0.6) is 11.5 Å². The average molecular weight is 454 g/mol. The molecule has 0 heterocycles. The highest BCUT2D eigenvalue weighted by atomic mass is 35.5. The standard InChI is InChI=1S/C14H13Cl2N3O6S2/c1-26(21,22)18-12-4-3-10(27(23,24)19(17)8-20)7-14(12)25-13-5-2-9(15)6-11(13)16/h2-8,18H,17H2,1H3. The van der Waals surface area contributed by atoms with Crippen molar-refractivity contribution in [2.24, 2.45) is 5.84 Å². The molecule has 0 spiro atoms. The first-order valence-corrected chi connectivity index (χ1v) is 11.0. The first-order chi connectivity index (χ1) is 12.4. The highest BCUT2D eigenvalue weighted by molar-refractivity contribution is 7.92. The quantitative estimate of drug-likeness (QED) is 0.283. The minimum absolute atomic E-state index is 0.0228. The van der Waals surface area contributed by atoms with E-state index >= 15 is 0 Å². The normalized spacial score (nSPS) is 11.7. The molecule has 146 valence electrons. The predicted molar refractivity (Wildman–Crippen MR) is 101 cm³/mol. The summed E-state index contributed by atoms with van der Waals surface area (Å²) in [7, 11) is -8.05. The lowest BCUT2D eigenvalue weighted by molar-refractivity contribution is -0.114. The molecule has 0 bridgehead atoms. The number of ether oxygens (including phenoxy) is 1. The maximum Gasteiger partial charge on any atom is 0.279 e. The minimum Gasteiger partial charge on any atom is -0.454 e. The van der Waals surface area contributed by atoms with Gasteiger partial charge in [0.05, 0.1) is 21.9 Å². The molecule has 2 aromatic rings. The molecule has 0 unspecified atom stereocenters. The Bertz CT molecular complexity index is 1090. The number of hydrogen-bond acceptors (Lipinski definition) is 7. The van der Waals surface area contributed by atoms with E-state index in [1.165, 1.54) is 18.2 Å². The van der Waals surface area contributed by atoms with E-state index in [9.17, 15) is 21.6 Å². The van der Waals surface area contributed by atoms with Crippen LogP contribution in [0.25, 0.3) is 0 Å². The van der Waals surface area contributed by atoms with E-state index in [1.54, 1.807) is 0 Å². The maximum atomic E-state index is 12.2. The molecule has 0 atom stereocenters. The summed E-state index contributed by atoms with van der Waals surface area (Å²) in [6.45, 7) is 0. The Labute approximate surface area is 165 Å². The number of carbonyl (C=O) groups excluding carboxylic acids is 1. The zero-order chi connectivity index (χ0) is 20.4. The third-order valence-corrected chi connectivity index (χ3v) is 5.65. The highest BCUT2D eigenvalue weighted by Gasteiger charge is 2.23. The van der Waals surface area contributed by atoms with E-state index in [2.05, 4.69) is 4.72 Å². The number of nitrogens with zero attached hydrogens (tertiary/aromatic N) is 1. The van der Waals surface area contributed by atoms with Gasteiger partial charge in [0.15, 0.2) is 5.75 Å². The van der Waals surface area contributed by atoms with Crippen molar-refractivity contribution in [1.82, 2.24) is 4.41 Å². The molecule has 9 nitrogen and oxygen atoms in total. The summed E-state index contributed by atoms with van der Waals surface area (Å²) in [5, 5.41) is 0.442. The van der Waals surface area contributed by atoms with Crippen molar-refractivity contribution in [3.8, 4) is 11.5 Å². The van der Waals surface area contributed by atoms with Crippen LogP contribution in [0.3, 0.4) is 0 Å². The van der Waals surface area contributed by atoms with Crippen molar-refractivity contribution in [1.29, 1.82) is 0 Å². The number of hydrazine groups is 1. The summed E-state index contributed by atoms with van der Waals surface area (Å²) in [6, 6.07) is 7.47. The third-order valence-electron chi connectivity index (χ3n) is 3.04. The van der Waals surface area contributed by atoms with Crippen molar-refractivity contribution in [2.45, 2.75) is 4.90 Å². The van der Waals surface area contributed by atoms with E-state index < -0.39 is 24.9 Å². The van der Waals surface area contributed by atoms with E-state index in [1.807, 2.05) is 0 Å². The number of halogens is 2. The molecule has 0 saturated heterocycles. The van der Waals surface area contributed by atoms with Gasteiger partial charge in [-0.1, -0.05) is 23.2 Å². The van der Waals surface area contributed by atoms with E-state index in [4.69, 9.17) is 33.8 Å². The lowest BCUT2D eigenvalue weighted by atomic mass is 10.3. The Morgan fingerprint density at radius 2 is 1.74 bits per heavy atom. The van der Waals surface area contributed by atoms with Crippen molar-refractivity contribution in [3.05, 3.63) is 46.4 Å². The molecule has 2 rings (SSSR count). The van der Waals surface area contributed by atoms with Gasteiger partial charge >= 0.3 is 0 Å². The smallest absolute Gasteiger partial charge is 0.279 e. The fourth-order valence-corrected chi connectivity index (χ4v) is 3.75. The number of amides is 1. The Balaban J connectivity index is 2.59. The molecule has 0 fully saturated rings. The van der Waals surface area contributed by atoms with Gasteiger partial charge < -0.3 is 4.74 Å². The van der Waals surface area contributed by atoms with E-state index in [-0.39, 0.29) is 33.0 Å². The summed E-state index contributed by atoms with van der Waals surface area (Å²) in [5.41, 5.74) is -0.0582. The summed E-state index contributed by atoms with van der Waals surface area (Å²) >= 11 is 11.8. The lowest BCUT2D eigenvalue weighted by Gasteiger charge is -2.16. The highest BCUT2D eigenvalue weighted by Crippen LogP contribution is 2.37. The van der Waals surface area contributed by atoms with Crippen LogP contribution >= 0.6 is 23.2 Å². The largest absolute Gasteiger partial charge is 0.454 e. The number of hydrogen-bond donors (Lipinski definition) is 2. The molecule has 0 saturated carbocycles. The second-order valence-corrected chi connectivity index (χ2v) is 9.58. The topological polar surface area (TPSA) is 136 Å². The molecule has 1 amide bonds. The van der Waals surface area contributed by atoms with Crippen LogP contribution in [0.15, 0.2) is 41.3 Å². The number of nitrogens with one attached hydrogen (secondary N) is 1. The summed E-state index contributed by atoms with van der Waals surface area (Å²) < 4.78 is 55.2. The number of nitrogens with two attached hydrogens (primary N) is 1. The monoisotopic (exact) mass is 453 g/mol. The minimum atomic E-state index is -4.35. The zero-order valence-corrected chi connectivity index (χ0v) is 16.7. The van der Waals surface area contributed by atoms with Gasteiger partial charge in [0, 0.05) is 11.1 Å². The second-order valence-electron chi connectivity index (χ2n) is 5.15. The predicted octanol–water partition coefficient (Wildman–Crippen LogP) is 2.18. The Morgan fingerprint density at radius 3 is 2.30 bits per heavy atom. The summed E-state index contributed by atoms with van der Waals surface area (Å²) in [5.74, 6) is 5.06. The van der Waals surface area contributed by atoms with Gasteiger partial charge in [0.2, 0.25) is 16.4 Å². The fraction of sp³-hybridized carbons (Fsp3) is 0.0714. The molecule has 0 aliphatic carbocycles. The molecule has 0 aliphatic rings. The second kappa shape index (κ2) is 7.90. The Kier molecular flexibility index (Phi) is 6.22. The van der Waals surface area contributed by atoms with E-state index in [0.29, 0.717) is 5.02 Å². The van der Waals surface area contributed by atoms with Gasteiger partial charge in [0.1, 0.15) is 5.75 Å². The number of anilines is 1. The van der Waals surface area contributed by atoms with E-state index in [0.717, 1.165) is 24.5 Å². The summed E-state index contributed by atoms with van der Waals surface area (Å²) in [6.07, 6.45) is 0.819. The molecule has 0 radical (unpaired) electrons. The van der Waals surface area contributed by atoms with Gasteiger partial charge in [-0.2, -0.15) is 12.8 Å². The average Bonchev–Trinajstić information content (AvgIpc) is 2.56. The van der Waals surface area contributed by atoms with Crippen LogP contribution in [-0.2, 0) is 24.8 Å². The third kappa shape index (κ3) is 5.23. The molecule has 0 aromatic heterocycles. The first-order valence-electron chi connectivity index (χ1n) is 6.93. The van der Waals surface area contributed by atoms with Gasteiger partial charge in [-0.25, -0.2) is 14.3 Å². The maximum absolute atomic E-state index is 12.2. The molecule has 3 N–H and O–H groups in total. The van der Waals surface area contributed by atoms with Gasteiger partial charge in [-0.15, -0.1) is 0 Å². The van der Waals surface area contributed by atoms with Gasteiger partial charge in [-0.05, 0) is 30.3 Å². The van der Waals surface area contributed by atoms with Gasteiger partial charge in [0.25, 0.3) is 10.0 Å².